The van der Waals surface area contributed by atoms with Crippen LogP contribution in [0, 0.1) is 19.8 Å². The third-order valence-electron chi connectivity index (χ3n) is 6.34. The molecule has 4 aromatic rings. The molecule has 0 atom stereocenters. The summed E-state index contributed by atoms with van der Waals surface area (Å²) in [5, 5.41) is 3.93. The molecule has 0 radical (unpaired) electrons. The third kappa shape index (κ3) is 4.22. The molecular weight excluding hydrogens is 433 g/mol. The number of nitrogens with zero attached hydrogens (tertiary/aromatic N) is 5. The van der Waals surface area contributed by atoms with Crippen LogP contribution in [0.25, 0.3) is 22.2 Å². The Balaban J connectivity index is 1.42. The first kappa shape index (κ1) is 22.0. The minimum Gasteiger partial charge on any atom is -0.369 e. The van der Waals surface area contributed by atoms with E-state index in [9.17, 15) is 9.18 Å². The molecule has 34 heavy (non-hydrogen) atoms. The van der Waals surface area contributed by atoms with E-state index in [2.05, 4.69) is 61.2 Å². The summed E-state index contributed by atoms with van der Waals surface area (Å²) in [6, 6.07) is 9.07. The minimum atomic E-state index is -0.638. The van der Waals surface area contributed by atoms with Crippen LogP contribution >= 0.6 is 0 Å². The molecule has 5 rings (SSSR count). The number of benzene rings is 1. The van der Waals surface area contributed by atoms with Crippen molar-refractivity contribution < 1.29 is 4.39 Å². The maximum Gasteiger partial charge on any atom is 0.257 e. The summed E-state index contributed by atoms with van der Waals surface area (Å²) in [5.41, 5.74) is 4.89. The molecule has 1 aliphatic heterocycles. The van der Waals surface area contributed by atoms with Crippen LogP contribution in [-0.4, -0.2) is 58.1 Å². The Morgan fingerprint density at radius 1 is 1.06 bits per heavy atom. The highest BCUT2D eigenvalue weighted by molar-refractivity contribution is 5.86. The Labute approximate surface area is 196 Å². The van der Waals surface area contributed by atoms with Gasteiger partial charge in [0.25, 0.3) is 5.56 Å². The van der Waals surface area contributed by atoms with E-state index >= 15 is 0 Å². The van der Waals surface area contributed by atoms with Crippen molar-refractivity contribution in [3.63, 3.8) is 0 Å². The largest absolute Gasteiger partial charge is 0.369 e. The van der Waals surface area contributed by atoms with Crippen LogP contribution in [0.4, 0.5) is 21.7 Å². The molecule has 0 unspecified atom stereocenters. The van der Waals surface area contributed by atoms with Gasteiger partial charge in [-0.2, -0.15) is 9.37 Å². The number of pyridine rings is 2. The fourth-order valence-corrected chi connectivity index (χ4v) is 4.46. The summed E-state index contributed by atoms with van der Waals surface area (Å²) < 4.78 is 13.6. The monoisotopic (exact) mass is 459 g/mol. The summed E-state index contributed by atoms with van der Waals surface area (Å²) >= 11 is 0. The van der Waals surface area contributed by atoms with Crippen molar-refractivity contribution in [1.29, 1.82) is 0 Å². The maximum absolute atomic E-state index is 13.6. The lowest BCUT2D eigenvalue weighted by atomic mass is 10.0. The van der Waals surface area contributed by atoms with Crippen LogP contribution in [0.5, 0.6) is 0 Å². The van der Waals surface area contributed by atoms with E-state index in [-0.39, 0.29) is 5.56 Å². The predicted molar refractivity (Wildman–Crippen MR) is 132 cm³/mol. The van der Waals surface area contributed by atoms with Crippen LogP contribution in [0.2, 0.25) is 0 Å². The highest BCUT2D eigenvalue weighted by Crippen LogP contribution is 2.27. The number of aryl methyl sites for hydroxylation is 2. The molecule has 174 valence electrons. The first-order valence-electron chi connectivity index (χ1n) is 11.2. The number of aromatic amines is 1. The summed E-state index contributed by atoms with van der Waals surface area (Å²) in [5.74, 6) is -0.252. The molecule has 4 heterocycles. The first-order chi connectivity index (χ1) is 16.4. The molecule has 1 fully saturated rings. The van der Waals surface area contributed by atoms with Gasteiger partial charge in [0.05, 0.1) is 5.56 Å². The Kier molecular flexibility index (Phi) is 5.70. The zero-order valence-electron chi connectivity index (χ0n) is 19.4. The number of anilines is 3. The van der Waals surface area contributed by atoms with Crippen LogP contribution in [-0.2, 0) is 0 Å². The fourth-order valence-electron chi connectivity index (χ4n) is 4.46. The second kappa shape index (κ2) is 8.83. The van der Waals surface area contributed by atoms with E-state index in [1.54, 1.807) is 12.3 Å². The van der Waals surface area contributed by atoms with E-state index in [1.165, 1.54) is 23.5 Å². The predicted octanol–water partition coefficient (Wildman–Crippen LogP) is 3.63. The van der Waals surface area contributed by atoms with Gasteiger partial charge in [0.1, 0.15) is 5.65 Å². The van der Waals surface area contributed by atoms with E-state index in [0.29, 0.717) is 33.7 Å². The molecule has 0 aliphatic carbocycles. The van der Waals surface area contributed by atoms with Crippen molar-refractivity contribution in [1.82, 2.24) is 24.8 Å². The van der Waals surface area contributed by atoms with Crippen molar-refractivity contribution in [2.24, 2.45) is 0 Å². The molecule has 3 aromatic heterocycles. The average Bonchev–Trinajstić information content (AvgIpc) is 2.80. The molecule has 8 nitrogen and oxygen atoms in total. The number of piperazine rings is 1. The van der Waals surface area contributed by atoms with Gasteiger partial charge < -0.3 is 20.1 Å². The normalized spacial score (nSPS) is 14.5. The van der Waals surface area contributed by atoms with Crippen LogP contribution < -0.4 is 15.8 Å². The average molecular weight is 460 g/mol. The highest BCUT2D eigenvalue weighted by atomic mass is 19.1. The quantitative estimate of drug-likeness (QED) is 0.451. The Hall–Kier alpha value is -3.85. The number of halogens is 1. The zero-order valence-corrected chi connectivity index (χ0v) is 19.4. The highest BCUT2D eigenvalue weighted by Gasteiger charge is 2.17. The topological polar surface area (TPSA) is 90.0 Å². The molecule has 1 saturated heterocycles. The standard InChI is InChI=1S/C25H26FN7O/c1-15-12-18(4-5-20(15)33-10-8-32(3)9-11-33)29-25-28-14-19-16(2)22(24(34)30-23(19)31-25)17-6-7-27-21(26)13-17/h4-7,12-14H,8-11H2,1-3H3,(H2,28,29,30,31,34). The van der Waals surface area contributed by atoms with E-state index < -0.39 is 5.95 Å². The number of hydrogen-bond donors (Lipinski definition) is 2. The van der Waals surface area contributed by atoms with E-state index in [4.69, 9.17) is 0 Å². The van der Waals surface area contributed by atoms with Gasteiger partial charge in [-0.15, -0.1) is 0 Å². The van der Waals surface area contributed by atoms with Crippen molar-refractivity contribution >= 4 is 28.4 Å². The molecular formula is C25H26FN7O. The smallest absolute Gasteiger partial charge is 0.257 e. The number of nitrogens with one attached hydrogen (secondary N) is 2. The van der Waals surface area contributed by atoms with Gasteiger partial charge in [0, 0.05) is 61.4 Å². The zero-order chi connectivity index (χ0) is 23.8. The van der Waals surface area contributed by atoms with E-state index in [0.717, 1.165) is 31.9 Å². The molecule has 0 amide bonds. The van der Waals surface area contributed by atoms with Gasteiger partial charge in [-0.25, -0.2) is 9.97 Å². The molecule has 2 N–H and O–H groups in total. The van der Waals surface area contributed by atoms with Crippen LogP contribution in [0.15, 0.2) is 47.5 Å². The lowest BCUT2D eigenvalue weighted by molar-refractivity contribution is 0.312. The fraction of sp³-hybridized carbons (Fsp3) is 0.280. The third-order valence-corrected chi connectivity index (χ3v) is 6.34. The number of rotatable bonds is 4. The Morgan fingerprint density at radius 3 is 2.59 bits per heavy atom. The molecule has 1 aliphatic rings. The Bertz CT molecular complexity index is 1430. The SMILES string of the molecule is Cc1cc(Nc2ncc3c(C)c(-c4ccnc(F)c4)c(=O)[nH]c3n2)ccc1N1CCN(C)CC1. The summed E-state index contributed by atoms with van der Waals surface area (Å²) in [6.45, 7) is 8.05. The molecule has 0 saturated carbocycles. The number of aromatic nitrogens is 4. The van der Waals surface area contributed by atoms with Gasteiger partial charge in [0.15, 0.2) is 0 Å². The van der Waals surface area contributed by atoms with Gasteiger partial charge in [-0.1, -0.05) is 0 Å². The summed E-state index contributed by atoms with van der Waals surface area (Å²) in [7, 11) is 2.15. The van der Waals surface area contributed by atoms with Crippen LogP contribution in [0.3, 0.4) is 0 Å². The van der Waals surface area contributed by atoms with Crippen molar-refractivity contribution in [2.75, 3.05) is 43.4 Å². The lowest BCUT2D eigenvalue weighted by Crippen LogP contribution is -2.44. The summed E-state index contributed by atoms with van der Waals surface area (Å²) in [4.78, 5) is 32.9. The molecule has 0 spiro atoms. The summed E-state index contributed by atoms with van der Waals surface area (Å²) in [6.07, 6.45) is 3.01. The van der Waals surface area contributed by atoms with Crippen molar-refractivity contribution in [2.45, 2.75) is 13.8 Å². The lowest BCUT2D eigenvalue weighted by Gasteiger charge is -2.35. The second-order valence-corrected chi connectivity index (χ2v) is 8.69. The molecule has 9 heteroatoms. The van der Waals surface area contributed by atoms with Gasteiger partial charge in [-0.3, -0.25) is 4.79 Å². The molecule has 0 bridgehead atoms. The Morgan fingerprint density at radius 2 is 1.85 bits per heavy atom. The number of likely N-dealkylation sites (N-methyl/N-ethyl adjacent to an activating group) is 1. The van der Waals surface area contributed by atoms with Gasteiger partial charge in [0.2, 0.25) is 11.9 Å². The van der Waals surface area contributed by atoms with Gasteiger partial charge >= 0.3 is 0 Å². The van der Waals surface area contributed by atoms with Crippen LogP contribution in [0.1, 0.15) is 11.1 Å². The minimum absolute atomic E-state index is 0.340. The first-order valence-corrected chi connectivity index (χ1v) is 11.2. The number of H-pyrrole nitrogens is 1. The van der Waals surface area contributed by atoms with Crippen molar-refractivity contribution in [3.8, 4) is 11.1 Å². The maximum atomic E-state index is 13.6. The van der Waals surface area contributed by atoms with Crippen molar-refractivity contribution in [3.05, 3.63) is 70.2 Å². The number of hydrogen-bond acceptors (Lipinski definition) is 7. The second-order valence-electron chi connectivity index (χ2n) is 8.69. The number of fused-ring (bicyclic) bond motifs is 1. The van der Waals surface area contributed by atoms with Gasteiger partial charge in [-0.05, 0) is 61.9 Å². The molecule has 1 aromatic carbocycles. The van der Waals surface area contributed by atoms with E-state index in [1.807, 2.05) is 13.0 Å².